The quantitative estimate of drug-likeness (QED) is 0.725. The molecule has 0 saturated carbocycles. The first-order chi connectivity index (χ1) is 10.1. The zero-order chi connectivity index (χ0) is 15.0. The van der Waals surface area contributed by atoms with Gasteiger partial charge in [-0.3, -0.25) is 9.13 Å². The van der Waals surface area contributed by atoms with Crippen LogP contribution in [0, 0.1) is 5.82 Å². The van der Waals surface area contributed by atoms with Crippen LogP contribution in [0.15, 0.2) is 47.3 Å². The Kier molecular flexibility index (Phi) is 3.55. The van der Waals surface area contributed by atoms with E-state index in [-0.39, 0.29) is 10.7 Å². The highest BCUT2D eigenvalue weighted by molar-refractivity contribution is 6.30. The highest BCUT2D eigenvalue weighted by Crippen LogP contribution is 2.18. The Hall–Kier alpha value is -2.07. The predicted molar refractivity (Wildman–Crippen MR) is 82.4 cm³/mol. The van der Waals surface area contributed by atoms with E-state index in [1.165, 1.54) is 6.07 Å². The topological polar surface area (TPSA) is 26.9 Å². The molecule has 0 spiro atoms. The van der Waals surface area contributed by atoms with Crippen molar-refractivity contribution in [2.24, 2.45) is 0 Å². The van der Waals surface area contributed by atoms with Crippen LogP contribution < -0.4 is 5.69 Å². The molecule has 3 nitrogen and oxygen atoms in total. The van der Waals surface area contributed by atoms with Crippen molar-refractivity contribution in [3.8, 4) is 0 Å². The van der Waals surface area contributed by atoms with Gasteiger partial charge >= 0.3 is 5.69 Å². The number of hydrogen-bond acceptors (Lipinski definition) is 1. The van der Waals surface area contributed by atoms with Gasteiger partial charge in [-0.15, -0.1) is 0 Å². The van der Waals surface area contributed by atoms with Gasteiger partial charge in [0.1, 0.15) is 5.82 Å². The van der Waals surface area contributed by atoms with E-state index in [0.29, 0.717) is 13.1 Å². The lowest BCUT2D eigenvalue weighted by Crippen LogP contribution is -2.24. The first kappa shape index (κ1) is 13.9. The summed E-state index contributed by atoms with van der Waals surface area (Å²) in [7, 11) is 0. The van der Waals surface area contributed by atoms with Gasteiger partial charge in [-0.1, -0.05) is 29.8 Å². The third-order valence-electron chi connectivity index (χ3n) is 3.57. The number of aryl methyl sites for hydroxylation is 1. The molecule has 2 aromatic carbocycles. The molecule has 0 aliphatic carbocycles. The molecule has 0 fully saturated rings. The fraction of sp³-hybridized carbons (Fsp3) is 0.188. The van der Waals surface area contributed by atoms with E-state index in [1.54, 1.807) is 21.3 Å². The second-order valence-corrected chi connectivity index (χ2v) is 5.26. The summed E-state index contributed by atoms with van der Waals surface area (Å²) < 4.78 is 16.6. The molecule has 3 aromatic rings. The minimum atomic E-state index is -0.455. The van der Waals surface area contributed by atoms with Crippen LogP contribution in [0.5, 0.6) is 0 Å². The standard InChI is InChI=1S/C16H14ClFN2O/c1-2-19-14-5-3-4-6-15(14)20(16(19)21)10-11-7-8-13(18)12(17)9-11/h3-9H,2,10H2,1H3. The Morgan fingerprint density at radius 1 is 1.10 bits per heavy atom. The van der Waals surface area contributed by atoms with Gasteiger partial charge in [0.2, 0.25) is 0 Å². The third kappa shape index (κ3) is 2.36. The Morgan fingerprint density at radius 3 is 2.38 bits per heavy atom. The van der Waals surface area contributed by atoms with E-state index in [2.05, 4.69) is 0 Å². The van der Waals surface area contributed by atoms with Crippen molar-refractivity contribution in [1.82, 2.24) is 9.13 Å². The van der Waals surface area contributed by atoms with Gasteiger partial charge in [0.05, 0.1) is 22.6 Å². The molecule has 0 radical (unpaired) electrons. The highest BCUT2D eigenvalue weighted by atomic mass is 35.5. The van der Waals surface area contributed by atoms with Crippen LogP contribution in [0.1, 0.15) is 12.5 Å². The van der Waals surface area contributed by atoms with Crippen molar-refractivity contribution in [3.63, 3.8) is 0 Å². The van der Waals surface area contributed by atoms with Crippen molar-refractivity contribution in [2.75, 3.05) is 0 Å². The van der Waals surface area contributed by atoms with Crippen molar-refractivity contribution in [2.45, 2.75) is 20.0 Å². The third-order valence-corrected chi connectivity index (χ3v) is 3.86. The molecule has 0 saturated heterocycles. The maximum Gasteiger partial charge on any atom is 0.329 e. The molecule has 21 heavy (non-hydrogen) atoms. The summed E-state index contributed by atoms with van der Waals surface area (Å²) in [4.78, 5) is 12.5. The molecule has 1 aromatic heterocycles. The number of imidazole rings is 1. The van der Waals surface area contributed by atoms with Crippen LogP contribution in [-0.4, -0.2) is 9.13 Å². The predicted octanol–water partition coefficient (Wildman–Crippen LogP) is 3.66. The zero-order valence-corrected chi connectivity index (χ0v) is 12.3. The molecule has 0 aliphatic rings. The van der Waals surface area contributed by atoms with Crippen molar-refractivity contribution >= 4 is 22.6 Å². The lowest BCUT2D eigenvalue weighted by Gasteiger charge is -2.04. The second kappa shape index (κ2) is 5.37. The normalized spacial score (nSPS) is 11.2. The molecule has 0 N–H and O–H groups in total. The van der Waals surface area contributed by atoms with Gasteiger partial charge in [-0.25, -0.2) is 9.18 Å². The molecular weight excluding hydrogens is 291 g/mol. The summed E-state index contributed by atoms with van der Waals surface area (Å²) >= 11 is 5.80. The summed E-state index contributed by atoms with van der Waals surface area (Å²) in [6.45, 7) is 2.91. The summed E-state index contributed by atoms with van der Waals surface area (Å²) in [5.74, 6) is -0.455. The summed E-state index contributed by atoms with van der Waals surface area (Å²) in [6.07, 6.45) is 0. The van der Waals surface area contributed by atoms with Crippen molar-refractivity contribution in [3.05, 3.63) is 69.4 Å². The highest BCUT2D eigenvalue weighted by Gasteiger charge is 2.12. The van der Waals surface area contributed by atoms with E-state index in [1.807, 2.05) is 31.2 Å². The van der Waals surface area contributed by atoms with Gasteiger partial charge < -0.3 is 0 Å². The van der Waals surface area contributed by atoms with Gasteiger partial charge in [0.25, 0.3) is 0 Å². The van der Waals surface area contributed by atoms with Crippen LogP contribution in [0.25, 0.3) is 11.0 Å². The largest absolute Gasteiger partial charge is 0.329 e. The Labute approximate surface area is 126 Å². The van der Waals surface area contributed by atoms with Crippen LogP contribution >= 0.6 is 11.6 Å². The average Bonchev–Trinajstić information content (AvgIpc) is 2.75. The summed E-state index contributed by atoms with van der Waals surface area (Å²) in [5.41, 5.74) is 2.49. The Bertz CT molecular complexity index is 866. The van der Waals surface area contributed by atoms with Gasteiger partial charge in [-0.05, 0) is 36.8 Å². The number of benzene rings is 2. The number of para-hydroxylation sites is 2. The SMILES string of the molecule is CCn1c(=O)n(Cc2ccc(F)c(Cl)c2)c2ccccc21. The molecule has 5 heteroatoms. The fourth-order valence-corrected chi connectivity index (χ4v) is 2.75. The molecule has 0 unspecified atom stereocenters. The number of halogens is 2. The number of hydrogen-bond donors (Lipinski definition) is 0. The zero-order valence-electron chi connectivity index (χ0n) is 11.5. The van der Waals surface area contributed by atoms with Crippen LogP contribution in [0.4, 0.5) is 4.39 Å². The lowest BCUT2D eigenvalue weighted by molar-refractivity contribution is 0.626. The van der Waals surface area contributed by atoms with E-state index < -0.39 is 5.82 Å². The second-order valence-electron chi connectivity index (χ2n) is 4.85. The van der Waals surface area contributed by atoms with Gasteiger partial charge in [0, 0.05) is 6.54 Å². The van der Waals surface area contributed by atoms with Crippen LogP contribution in [0.3, 0.4) is 0 Å². The maximum absolute atomic E-state index is 13.2. The summed E-state index contributed by atoms with van der Waals surface area (Å²) in [5, 5.41) is 0.0692. The Balaban J connectivity index is 2.14. The minimum absolute atomic E-state index is 0.0692. The van der Waals surface area contributed by atoms with E-state index >= 15 is 0 Å². The van der Waals surface area contributed by atoms with E-state index in [4.69, 9.17) is 11.6 Å². The molecule has 0 aliphatic heterocycles. The monoisotopic (exact) mass is 304 g/mol. The molecule has 0 amide bonds. The van der Waals surface area contributed by atoms with Crippen LogP contribution in [0.2, 0.25) is 5.02 Å². The van der Waals surface area contributed by atoms with E-state index in [0.717, 1.165) is 16.6 Å². The van der Waals surface area contributed by atoms with Gasteiger partial charge in [0.15, 0.2) is 0 Å². The maximum atomic E-state index is 13.2. The number of rotatable bonds is 3. The smallest absolute Gasteiger partial charge is 0.292 e. The summed E-state index contributed by atoms with van der Waals surface area (Å²) in [6, 6.07) is 12.2. The van der Waals surface area contributed by atoms with Crippen molar-refractivity contribution in [1.29, 1.82) is 0 Å². The molecule has 108 valence electrons. The minimum Gasteiger partial charge on any atom is -0.292 e. The van der Waals surface area contributed by atoms with Gasteiger partial charge in [-0.2, -0.15) is 0 Å². The number of nitrogens with zero attached hydrogens (tertiary/aromatic N) is 2. The molecule has 0 atom stereocenters. The van der Waals surface area contributed by atoms with Crippen LogP contribution in [-0.2, 0) is 13.1 Å². The number of fused-ring (bicyclic) bond motifs is 1. The Morgan fingerprint density at radius 2 is 1.76 bits per heavy atom. The lowest BCUT2D eigenvalue weighted by atomic mass is 10.2. The number of aromatic nitrogens is 2. The molecule has 0 bridgehead atoms. The van der Waals surface area contributed by atoms with Crippen molar-refractivity contribution < 1.29 is 4.39 Å². The molecular formula is C16H14ClFN2O. The van der Waals surface area contributed by atoms with E-state index in [9.17, 15) is 9.18 Å². The fourth-order valence-electron chi connectivity index (χ4n) is 2.55. The molecule has 1 heterocycles. The first-order valence-electron chi connectivity index (χ1n) is 6.74. The first-order valence-corrected chi connectivity index (χ1v) is 7.11. The molecule has 3 rings (SSSR count). The average molecular weight is 305 g/mol.